The van der Waals surface area contributed by atoms with E-state index in [9.17, 15) is 4.79 Å². The molecule has 0 aliphatic rings. The number of hydrogen-bond donors (Lipinski definition) is 2. The molecule has 7 heteroatoms. The molecule has 3 aromatic rings. The quantitative estimate of drug-likeness (QED) is 0.444. The number of carbonyl (C=O) groups is 1. The highest BCUT2D eigenvalue weighted by atomic mass is 35.5. The SMILES string of the molecule is Cc1ccccc1NCC(=O)N/N=C/c1ccc(-c2ccc(Cl)c(Cl)c2)o1. The summed E-state index contributed by atoms with van der Waals surface area (Å²) in [7, 11) is 0. The van der Waals surface area contributed by atoms with Crippen molar-refractivity contribution in [2.45, 2.75) is 6.92 Å². The number of benzene rings is 2. The Bertz CT molecular complexity index is 983. The first-order valence-electron chi connectivity index (χ1n) is 8.19. The van der Waals surface area contributed by atoms with Crippen molar-refractivity contribution in [1.82, 2.24) is 5.43 Å². The summed E-state index contributed by atoms with van der Waals surface area (Å²) in [6.45, 7) is 2.09. The van der Waals surface area contributed by atoms with Gasteiger partial charge in [-0.05, 0) is 48.9 Å². The smallest absolute Gasteiger partial charge is 0.259 e. The molecule has 1 aromatic heterocycles. The second-order valence-electron chi connectivity index (χ2n) is 5.79. The highest BCUT2D eigenvalue weighted by molar-refractivity contribution is 6.42. The molecule has 138 valence electrons. The van der Waals surface area contributed by atoms with Crippen LogP contribution in [0.5, 0.6) is 0 Å². The Balaban J connectivity index is 1.54. The summed E-state index contributed by atoms with van der Waals surface area (Å²) in [5, 5.41) is 7.91. The molecule has 3 rings (SSSR count). The van der Waals surface area contributed by atoms with Gasteiger partial charge in [-0.25, -0.2) is 5.43 Å². The molecule has 0 radical (unpaired) electrons. The van der Waals surface area contributed by atoms with Crippen LogP contribution >= 0.6 is 23.2 Å². The monoisotopic (exact) mass is 401 g/mol. The molecule has 27 heavy (non-hydrogen) atoms. The van der Waals surface area contributed by atoms with Crippen LogP contribution in [0.4, 0.5) is 5.69 Å². The van der Waals surface area contributed by atoms with Crippen molar-refractivity contribution in [3.63, 3.8) is 0 Å². The number of amides is 1. The molecule has 0 spiro atoms. The zero-order chi connectivity index (χ0) is 19.2. The summed E-state index contributed by atoms with van der Waals surface area (Å²) in [5.41, 5.74) is 5.24. The zero-order valence-electron chi connectivity index (χ0n) is 14.5. The lowest BCUT2D eigenvalue weighted by Gasteiger charge is -2.07. The number of para-hydroxylation sites is 1. The predicted molar refractivity (Wildman–Crippen MR) is 110 cm³/mol. The molecular formula is C20H17Cl2N3O2. The van der Waals surface area contributed by atoms with Gasteiger partial charge in [-0.15, -0.1) is 0 Å². The van der Waals surface area contributed by atoms with E-state index >= 15 is 0 Å². The van der Waals surface area contributed by atoms with Gasteiger partial charge in [-0.3, -0.25) is 4.79 Å². The first-order chi connectivity index (χ1) is 13.0. The Morgan fingerprint density at radius 3 is 2.70 bits per heavy atom. The summed E-state index contributed by atoms with van der Waals surface area (Å²) in [5.74, 6) is 0.872. The van der Waals surface area contributed by atoms with Crippen LogP contribution < -0.4 is 10.7 Å². The standard InChI is InChI=1S/C20H17Cl2N3O2/c1-13-4-2-3-5-18(13)23-12-20(26)25-24-11-15-7-9-19(27-15)14-6-8-16(21)17(22)10-14/h2-11,23H,12H2,1H3,(H,25,26)/b24-11+. The van der Waals surface area contributed by atoms with E-state index in [-0.39, 0.29) is 12.5 Å². The van der Waals surface area contributed by atoms with Crippen molar-refractivity contribution in [3.05, 3.63) is 76.0 Å². The van der Waals surface area contributed by atoms with E-state index in [4.69, 9.17) is 27.6 Å². The largest absolute Gasteiger partial charge is 0.455 e. The summed E-state index contributed by atoms with van der Waals surface area (Å²) in [4.78, 5) is 11.9. The number of nitrogens with one attached hydrogen (secondary N) is 2. The molecule has 0 aliphatic carbocycles. The van der Waals surface area contributed by atoms with Gasteiger partial charge in [0.05, 0.1) is 22.8 Å². The normalized spacial score (nSPS) is 10.9. The number of rotatable bonds is 6. The third kappa shape index (κ3) is 5.12. The van der Waals surface area contributed by atoms with Gasteiger partial charge in [-0.2, -0.15) is 5.10 Å². The summed E-state index contributed by atoms with van der Waals surface area (Å²) >= 11 is 11.9. The van der Waals surface area contributed by atoms with E-state index in [1.165, 1.54) is 6.21 Å². The van der Waals surface area contributed by atoms with Gasteiger partial charge in [0.2, 0.25) is 0 Å². The third-order valence-corrected chi connectivity index (χ3v) is 4.54. The number of carbonyl (C=O) groups excluding carboxylic acids is 1. The lowest BCUT2D eigenvalue weighted by Crippen LogP contribution is -2.26. The molecule has 0 aliphatic heterocycles. The van der Waals surface area contributed by atoms with Gasteiger partial charge in [-0.1, -0.05) is 41.4 Å². The second kappa shape index (κ2) is 8.75. The number of halogens is 2. The molecule has 0 fully saturated rings. The molecule has 1 heterocycles. The Morgan fingerprint density at radius 1 is 1.11 bits per heavy atom. The Labute approximate surface area is 167 Å². The van der Waals surface area contributed by atoms with Gasteiger partial charge in [0.25, 0.3) is 5.91 Å². The van der Waals surface area contributed by atoms with E-state index < -0.39 is 0 Å². The molecular weight excluding hydrogens is 385 g/mol. The fourth-order valence-electron chi connectivity index (χ4n) is 2.38. The van der Waals surface area contributed by atoms with E-state index in [0.717, 1.165) is 16.8 Å². The van der Waals surface area contributed by atoms with Crippen LogP contribution in [0.2, 0.25) is 10.0 Å². The summed E-state index contributed by atoms with van der Waals surface area (Å²) in [6, 6.07) is 16.5. The minimum atomic E-state index is -0.259. The molecule has 0 unspecified atom stereocenters. The number of hydrazone groups is 1. The van der Waals surface area contributed by atoms with Crippen LogP contribution in [0.3, 0.4) is 0 Å². The third-order valence-electron chi connectivity index (χ3n) is 3.80. The maximum atomic E-state index is 11.9. The van der Waals surface area contributed by atoms with Gasteiger partial charge >= 0.3 is 0 Å². The number of aryl methyl sites for hydroxylation is 1. The number of nitrogens with zero attached hydrogens (tertiary/aromatic N) is 1. The molecule has 0 saturated heterocycles. The Morgan fingerprint density at radius 2 is 1.93 bits per heavy atom. The van der Waals surface area contributed by atoms with Crippen LogP contribution in [-0.4, -0.2) is 18.7 Å². The van der Waals surface area contributed by atoms with E-state index in [1.807, 2.05) is 37.3 Å². The first-order valence-corrected chi connectivity index (χ1v) is 8.95. The van der Waals surface area contributed by atoms with E-state index in [2.05, 4.69) is 15.8 Å². The average molecular weight is 402 g/mol. The number of hydrogen-bond acceptors (Lipinski definition) is 4. The van der Waals surface area contributed by atoms with E-state index in [1.54, 1.807) is 24.3 Å². The molecule has 0 saturated carbocycles. The van der Waals surface area contributed by atoms with Crippen molar-refractivity contribution >= 4 is 41.0 Å². The highest BCUT2D eigenvalue weighted by Crippen LogP contribution is 2.29. The van der Waals surface area contributed by atoms with Crippen molar-refractivity contribution in [2.75, 3.05) is 11.9 Å². The van der Waals surface area contributed by atoms with Gasteiger partial charge < -0.3 is 9.73 Å². The molecule has 5 nitrogen and oxygen atoms in total. The van der Waals surface area contributed by atoms with Crippen LogP contribution in [0, 0.1) is 6.92 Å². The van der Waals surface area contributed by atoms with Crippen LogP contribution in [0.1, 0.15) is 11.3 Å². The van der Waals surface area contributed by atoms with Crippen LogP contribution in [0.25, 0.3) is 11.3 Å². The van der Waals surface area contributed by atoms with E-state index in [0.29, 0.717) is 21.6 Å². The molecule has 0 bridgehead atoms. The second-order valence-corrected chi connectivity index (χ2v) is 6.61. The van der Waals surface area contributed by atoms with Crippen LogP contribution in [0.15, 0.2) is 64.1 Å². The maximum Gasteiger partial charge on any atom is 0.259 e. The Hall–Kier alpha value is -2.76. The highest BCUT2D eigenvalue weighted by Gasteiger charge is 2.06. The minimum absolute atomic E-state index is 0.120. The molecule has 0 atom stereocenters. The lowest BCUT2D eigenvalue weighted by atomic mass is 10.2. The van der Waals surface area contributed by atoms with Crippen molar-refractivity contribution in [1.29, 1.82) is 0 Å². The van der Waals surface area contributed by atoms with Crippen molar-refractivity contribution in [3.8, 4) is 11.3 Å². The maximum absolute atomic E-state index is 11.9. The van der Waals surface area contributed by atoms with Crippen molar-refractivity contribution in [2.24, 2.45) is 5.10 Å². The topological polar surface area (TPSA) is 66.6 Å². The number of furan rings is 1. The predicted octanol–water partition coefficient (Wildman–Crippen LogP) is 5.12. The summed E-state index contributed by atoms with van der Waals surface area (Å²) in [6.07, 6.45) is 1.44. The first kappa shape index (κ1) is 19.0. The van der Waals surface area contributed by atoms with Gasteiger partial charge in [0, 0.05) is 11.3 Å². The lowest BCUT2D eigenvalue weighted by molar-refractivity contribution is -0.119. The molecule has 1 amide bonds. The molecule has 2 N–H and O–H groups in total. The zero-order valence-corrected chi connectivity index (χ0v) is 16.0. The van der Waals surface area contributed by atoms with Crippen molar-refractivity contribution < 1.29 is 9.21 Å². The Kier molecular flexibility index (Phi) is 6.16. The molecule has 2 aromatic carbocycles. The van der Waals surface area contributed by atoms with Crippen LogP contribution in [-0.2, 0) is 4.79 Å². The number of anilines is 1. The minimum Gasteiger partial charge on any atom is -0.455 e. The fourth-order valence-corrected chi connectivity index (χ4v) is 2.68. The average Bonchev–Trinajstić information content (AvgIpc) is 3.12. The fraction of sp³-hybridized carbons (Fsp3) is 0.100. The summed E-state index contributed by atoms with van der Waals surface area (Å²) < 4.78 is 5.67. The van der Waals surface area contributed by atoms with Gasteiger partial charge in [0.15, 0.2) is 0 Å². The van der Waals surface area contributed by atoms with Gasteiger partial charge in [0.1, 0.15) is 11.5 Å².